The Morgan fingerprint density at radius 3 is 1.67 bits per heavy atom. The summed E-state index contributed by atoms with van der Waals surface area (Å²) in [6, 6.07) is 19.8. The summed E-state index contributed by atoms with van der Waals surface area (Å²) in [6.07, 6.45) is 0. The summed E-state index contributed by atoms with van der Waals surface area (Å²) in [7, 11) is 0. The van der Waals surface area contributed by atoms with Crippen molar-refractivity contribution in [2.45, 2.75) is 6.92 Å². The number of rotatable bonds is 5. The summed E-state index contributed by atoms with van der Waals surface area (Å²) < 4.78 is 0. The molecule has 0 heterocycles. The predicted molar refractivity (Wildman–Crippen MR) is 104 cm³/mol. The first-order valence-electron chi connectivity index (χ1n) is 8.04. The van der Waals surface area contributed by atoms with Gasteiger partial charge in [0.2, 0.25) is 0 Å². The van der Waals surface area contributed by atoms with Crippen molar-refractivity contribution < 1.29 is 9.85 Å². The molecule has 0 aromatic heterocycles. The number of nitro benzene ring substituents is 2. The highest BCUT2D eigenvalue weighted by atomic mass is 16.6. The molecule has 0 amide bonds. The lowest BCUT2D eigenvalue weighted by Crippen LogP contribution is -2.14. The molecule has 0 bridgehead atoms. The number of nitrogen functional groups attached to an aromatic ring is 1. The van der Waals surface area contributed by atoms with Crippen LogP contribution in [0.1, 0.15) is 5.56 Å². The van der Waals surface area contributed by atoms with Crippen molar-refractivity contribution in [3.8, 4) is 0 Å². The summed E-state index contributed by atoms with van der Waals surface area (Å²) in [4.78, 5) is 23.1. The van der Waals surface area contributed by atoms with Gasteiger partial charge in [0.1, 0.15) is 5.69 Å². The second-order valence-electron chi connectivity index (χ2n) is 5.83. The van der Waals surface area contributed by atoms with Crippen LogP contribution in [0.3, 0.4) is 0 Å². The molecule has 8 nitrogen and oxygen atoms in total. The molecule has 0 saturated heterocycles. The number of hydrogen-bond donors (Lipinski definition) is 1. The second kappa shape index (κ2) is 7.12. The van der Waals surface area contributed by atoms with Gasteiger partial charge in [-0.25, -0.2) is 0 Å². The van der Waals surface area contributed by atoms with Crippen molar-refractivity contribution in [1.29, 1.82) is 0 Å². The number of nitrogens with two attached hydrogens (primary N) is 1. The van der Waals surface area contributed by atoms with Crippen LogP contribution in [0.25, 0.3) is 0 Å². The van der Waals surface area contributed by atoms with Gasteiger partial charge in [0.05, 0.1) is 21.1 Å². The fourth-order valence-corrected chi connectivity index (χ4v) is 2.99. The van der Waals surface area contributed by atoms with Gasteiger partial charge in [-0.2, -0.15) is 0 Å². The highest BCUT2D eigenvalue weighted by Gasteiger charge is 2.34. The molecule has 2 N–H and O–H groups in total. The Labute approximate surface area is 154 Å². The van der Waals surface area contributed by atoms with Gasteiger partial charge in [0.25, 0.3) is 0 Å². The molecule has 3 rings (SSSR count). The minimum atomic E-state index is -0.820. The molecule has 8 heteroatoms. The monoisotopic (exact) mass is 364 g/mol. The molecule has 3 aromatic rings. The van der Waals surface area contributed by atoms with Gasteiger partial charge in [0, 0.05) is 11.4 Å². The van der Waals surface area contributed by atoms with Crippen LogP contribution in [-0.2, 0) is 0 Å². The molecule has 0 saturated carbocycles. The Balaban J connectivity index is 2.34. The van der Waals surface area contributed by atoms with Crippen molar-refractivity contribution in [1.82, 2.24) is 0 Å². The van der Waals surface area contributed by atoms with Crippen LogP contribution in [0.2, 0.25) is 0 Å². The van der Waals surface area contributed by atoms with E-state index in [1.165, 1.54) is 13.0 Å². The van der Waals surface area contributed by atoms with Crippen molar-refractivity contribution in [3.05, 3.63) is 92.5 Å². The molecule has 0 aliphatic heterocycles. The van der Waals surface area contributed by atoms with Gasteiger partial charge < -0.3 is 10.6 Å². The number of anilines is 4. The summed E-state index contributed by atoms with van der Waals surface area (Å²) >= 11 is 0. The Hall–Kier alpha value is -3.94. The molecule has 0 radical (unpaired) electrons. The summed E-state index contributed by atoms with van der Waals surface area (Å²) in [6.45, 7) is 1.48. The maximum Gasteiger partial charge on any atom is 0.369 e. The minimum Gasteiger partial charge on any atom is -0.393 e. The largest absolute Gasteiger partial charge is 0.393 e. The fourth-order valence-electron chi connectivity index (χ4n) is 2.99. The third-order valence-corrected chi connectivity index (χ3v) is 4.16. The first-order valence-corrected chi connectivity index (χ1v) is 8.04. The van der Waals surface area contributed by atoms with E-state index in [9.17, 15) is 20.2 Å². The van der Waals surface area contributed by atoms with Crippen molar-refractivity contribution in [2.75, 3.05) is 10.6 Å². The zero-order valence-corrected chi connectivity index (χ0v) is 14.4. The van der Waals surface area contributed by atoms with Crippen LogP contribution in [0.15, 0.2) is 66.7 Å². The number of nitro groups is 2. The van der Waals surface area contributed by atoms with E-state index < -0.39 is 21.2 Å². The average molecular weight is 364 g/mol. The van der Waals surface area contributed by atoms with Crippen molar-refractivity contribution in [2.24, 2.45) is 0 Å². The van der Waals surface area contributed by atoms with Crippen molar-refractivity contribution >= 4 is 34.1 Å². The summed E-state index contributed by atoms with van der Waals surface area (Å²) in [5.41, 5.74) is 6.35. The van der Waals surface area contributed by atoms with Gasteiger partial charge in [-0.3, -0.25) is 20.2 Å². The zero-order chi connectivity index (χ0) is 19.6. The molecular weight excluding hydrogens is 348 g/mol. The Bertz CT molecular complexity index is 968. The lowest BCUT2D eigenvalue weighted by Gasteiger charge is -2.27. The summed E-state index contributed by atoms with van der Waals surface area (Å²) in [5.74, 6) is 0. The van der Waals surface area contributed by atoms with Gasteiger partial charge in [0.15, 0.2) is 0 Å². The first-order chi connectivity index (χ1) is 12.9. The quantitative estimate of drug-likeness (QED) is 0.392. The molecule has 0 aliphatic rings. The molecule has 136 valence electrons. The predicted octanol–water partition coefficient (Wildman–Crippen LogP) is 4.86. The lowest BCUT2D eigenvalue weighted by molar-refractivity contribution is -0.422. The van der Waals surface area contributed by atoms with Crippen LogP contribution in [-0.4, -0.2) is 9.85 Å². The van der Waals surface area contributed by atoms with Gasteiger partial charge in [-0.05, 0) is 37.3 Å². The van der Waals surface area contributed by atoms with Crippen LogP contribution in [0.4, 0.5) is 34.1 Å². The molecule has 27 heavy (non-hydrogen) atoms. The number of para-hydroxylation sites is 2. The smallest absolute Gasteiger partial charge is 0.369 e. The third kappa shape index (κ3) is 3.28. The zero-order valence-electron chi connectivity index (χ0n) is 14.4. The molecule has 0 fully saturated rings. The van der Waals surface area contributed by atoms with Crippen LogP contribution < -0.4 is 10.6 Å². The average Bonchev–Trinajstić information content (AvgIpc) is 2.65. The fraction of sp³-hybridized carbons (Fsp3) is 0.0526. The maximum atomic E-state index is 11.6. The third-order valence-electron chi connectivity index (χ3n) is 4.16. The van der Waals surface area contributed by atoms with Gasteiger partial charge in [-0.15, -0.1) is 0 Å². The van der Waals surface area contributed by atoms with E-state index in [-0.39, 0.29) is 11.3 Å². The second-order valence-corrected chi connectivity index (χ2v) is 5.83. The van der Waals surface area contributed by atoms with E-state index in [0.717, 1.165) is 11.4 Å². The van der Waals surface area contributed by atoms with Crippen molar-refractivity contribution in [3.63, 3.8) is 0 Å². The number of hydrogen-bond acceptors (Lipinski definition) is 6. The normalized spacial score (nSPS) is 10.4. The van der Waals surface area contributed by atoms with E-state index in [1.807, 2.05) is 60.7 Å². The van der Waals surface area contributed by atoms with Crippen LogP contribution in [0.5, 0.6) is 0 Å². The Kier molecular flexibility index (Phi) is 4.71. The maximum absolute atomic E-state index is 11.6. The molecule has 0 aliphatic carbocycles. The van der Waals surface area contributed by atoms with Crippen LogP contribution in [0, 0.1) is 27.2 Å². The Morgan fingerprint density at radius 2 is 1.26 bits per heavy atom. The minimum absolute atomic E-state index is 0.161. The van der Waals surface area contributed by atoms with E-state index in [0.29, 0.717) is 5.69 Å². The highest BCUT2D eigenvalue weighted by Crippen LogP contribution is 2.45. The SMILES string of the molecule is Cc1c(N(c2ccccc2)c2ccccc2)cc(N)c([N+](=O)[O-])c1[N+](=O)[O-]. The molecular formula is C19H16N4O4. The number of benzene rings is 3. The van der Waals surface area contributed by atoms with E-state index in [4.69, 9.17) is 5.73 Å². The molecule has 0 unspecified atom stereocenters. The highest BCUT2D eigenvalue weighted by molar-refractivity contribution is 5.87. The van der Waals surface area contributed by atoms with Gasteiger partial charge in [-0.1, -0.05) is 36.4 Å². The Morgan fingerprint density at radius 1 is 0.815 bits per heavy atom. The van der Waals surface area contributed by atoms with E-state index in [2.05, 4.69) is 0 Å². The van der Waals surface area contributed by atoms with E-state index in [1.54, 1.807) is 4.90 Å². The van der Waals surface area contributed by atoms with Gasteiger partial charge >= 0.3 is 11.4 Å². The molecule has 3 aromatic carbocycles. The molecule has 0 atom stereocenters. The lowest BCUT2D eigenvalue weighted by atomic mass is 10.1. The topological polar surface area (TPSA) is 116 Å². The summed E-state index contributed by atoms with van der Waals surface area (Å²) in [5, 5.41) is 22.9. The first kappa shape index (κ1) is 17.9. The number of nitrogens with zero attached hydrogens (tertiary/aromatic N) is 3. The van der Waals surface area contributed by atoms with Crippen LogP contribution >= 0.6 is 0 Å². The standard InChI is InChI=1S/C19H16N4O4/c1-13-17(12-16(20)19(23(26)27)18(13)22(24)25)21(14-8-4-2-5-9-14)15-10-6-3-7-11-15/h2-12H,20H2,1H3. The molecule has 0 spiro atoms. The van der Waals surface area contributed by atoms with E-state index >= 15 is 0 Å².